The minimum atomic E-state index is -0.106. The predicted octanol–water partition coefficient (Wildman–Crippen LogP) is 2.23. The second kappa shape index (κ2) is 9.29. The number of nitrogens with one attached hydrogen (secondary N) is 3. The second-order valence-corrected chi connectivity index (χ2v) is 6.49. The van der Waals surface area contributed by atoms with Crippen molar-refractivity contribution in [3.8, 4) is 0 Å². The Balaban J connectivity index is 1.60. The summed E-state index contributed by atoms with van der Waals surface area (Å²) in [5.41, 5.74) is 2.41. The number of nitrogens with zero attached hydrogens (tertiary/aromatic N) is 3. The Morgan fingerprint density at radius 2 is 1.96 bits per heavy atom. The Labute approximate surface area is 159 Å². The number of carbonyl (C=O) groups is 1. The third-order valence-corrected chi connectivity index (χ3v) is 4.13. The van der Waals surface area contributed by atoms with Crippen LogP contribution in [0.3, 0.4) is 0 Å². The maximum atomic E-state index is 11.2. The van der Waals surface area contributed by atoms with Crippen LogP contribution in [0.1, 0.15) is 12.6 Å². The molecule has 0 unspecified atom stereocenters. The number of amides is 1. The number of aryl methyl sites for hydroxylation is 1. The minimum Gasteiger partial charge on any atom is -0.379 e. The zero-order chi connectivity index (χ0) is 19.1. The fraction of sp³-hybridized carbons (Fsp3) is 0.421. The van der Waals surface area contributed by atoms with Gasteiger partial charge in [-0.15, -0.1) is 0 Å². The smallest absolute Gasteiger partial charge is 0.229 e. The van der Waals surface area contributed by atoms with Gasteiger partial charge in [-0.3, -0.25) is 9.69 Å². The van der Waals surface area contributed by atoms with Crippen molar-refractivity contribution in [3.63, 3.8) is 0 Å². The zero-order valence-electron chi connectivity index (χ0n) is 15.8. The largest absolute Gasteiger partial charge is 0.379 e. The van der Waals surface area contributed by atoms with Crippen LogP contribution in [-0.2, 0) is 9.53 Å². The number of hydrogen-bond acceptors (Lipinski definition) is 7. The van der Waals surface area contributed by atoms with Crippen LogP contribution in [-0.4, -0.2) is 60.2 Å². The number of aromatic nitrogens is 2. The molecule has 0 radical (unpaired) electrons. The van der Waals surface area contributed by atoms with Crippen molar-refractivity contribution in [2.45, 2.75) is 13.8 Å². The highest BCUT2D eigenvalue weighted by Crippen LogP contribution is 2.19. The molecule has 0 bridgehead atoms. The highest BCUT2D eigenvalue weighted by molar-refractivity contribution is 5.89. The van der Waals surface area contributed by atoms with E-state index in [1.807, 2.05) is 37.3 Å². The second-order valence-electron chi connectivity index (χ2n) is 6.49. The Morgan fingerprint density at radius 1 is 1.19 bits per heavy atom. The molecule has 144 valence electrons. The molecular formula is C19H26N6O2. The highest BCUT2D eigenvalue weighted by Gasteiger charge is 2.10. The first-order valence-electron chi connectivity index (χ1n) is 9.13. The average Bonchev–Trinajstić information content (AvgIpc) is 2.62. The van der Waals surface area contributed by atoms with E-state index < -0.39 is 0 Å². The van der Waals surface area contributed by atoms with Crippen LogP contribution in [0.15, 0.2) is 30.3 Å². The Bertz CT molecular complexity index is 777. The predicted molar refractivity (Wildman–Crippen MR) is 107 cm³/mol. The Morgan fingerprint density at radius 3 is 2.74 bits per heavy atom. The molecule has 0 aliphatic carbocycles. The number of anilines is 4. The fourth-order valence-corrected chi connectivity index (χ4v) is 2.89. The normalized spacial score (nSPS) is 14.6. The number of morpholine rings is 1. The molecule has 0 saturated carbocycles. The van der Waals surface area contributed by atoms with Gasteiger partial charge in [-0.25, -0.2) is 4.98 Å². The van der Waals surface area contributed by atoms with E-state index in [1.54, 1.807) is 0 Å². The van der Waals surface area contributed by atoms with Gasteiger partial charge in [-0.2, -0.15) is 4.98 Å². The summed E-state index contributed by atoms with van der Waals surface area (Å²) in [7, 11) is 0. The quantitative estimate of drug-likeness (QED) is 0.688. The number of hydrogen-bond donors (Lipinski definition) is 3. The van der Waals surface area contributed by atoms with E-state index in [9.17, 15) is 4.79 Å². The minimum absolute atomic E-state index is 0.106. The van der Waals surface area contributed by atoms with Gasteiger partial charge in [-0.1, -0.05) is 6.07 Å². The molecule has 1 saturated heterocycles. The van der Waals surface area contributed by atoms with Crippen LogP contribution in [0.2, 0.25) is 0 Å². The SMILES string of the molecule is CC(=O)Nc1cccc(Nc2nc(C)cc(NCCN3CCOCC3)n2)c1. The molecule has 1 aromatic carbocycles. The summed E-state index contributed by atoms with van der Waals surface area (Å²) >= 11 is 0. The lowest BCUT2D eigenvalue weighted by molar-refractivity contribution is -0.114. The standard InChI is InChI=1S/C19H26N6O2/c1-14-12-18(20-6-7-25-8-10-27-11-9-25)24-19(21-14)23-17-5-3-4-16(13-17)22-15(2)26/h3-5,12-13H,6-11H2,1-2H3,(H,22,26)(H2,20,21,23,24). The van der Waals surface area contributed by atoms with Gasteiger partial charge in [-0.05, 0) is 25.1 Å². The third kappa shape index (κ3) is 6.19. The van der Waals surface area contributed by atoms with Crippen LogP contribution >= 0.6 is 0 Å². The molecule has 2 aromatic rings. The molecule has 1 aromatic heterocycles. The molecule has 1 aliphatic rings. The van der Waals surface area contributed by atoms with Crippen LogP contribution < -0.4 is 16.0 Å². The molecule has 1 fully saturated rings. The van der Waals surface area contributed by atoms with E-state index in [1.165, 1.54) is 6.92 Å². The summed E-state index contributed by atoms with van der Waals surface area (Å²) in [6, 6.07) is 9.38. The van der Waals surface area contributed by atoms with Crippen LogP contribution in [0.4, 0.5) is 23.1 Å². The summed E-state index contributed by atoms with van der Waals surface area (Å²) in [5, 5.41) is 9.33. The molecule has 0 atom stereocenters. The van der Waals surface area contributed by atoms with Crippen molar-refractivity contribution in [2.24, 2.45) is 0 Å². The first kappa shape index (κ1) is 19.1. The molecule has 27 heavy (non-hydrogen) atoms. The lowest BCUT2D eigenvalue weighted by atomic mass is 10.2. The monoisotopic (exact) mass is 370 g/mol. The number of carbonyl (C=O) groups excluding carboxylic acids is 1. The molecule has 1 aliphatic heterocycles. The van der Waals surface area contributed by atoms with Crippen molar-refractivity contribution in [1.82, 2.24) is 14.9 Å². The molecule has 3 N–H and O–H groups in total. The van der Waals surface area contributed by atoms with Crippen molar-refractivity contribution in [1.29, 1.82) is 0 Å². The topological polar surface area (TPSA) is 91.4 Å². The van der Waals surface area contributed by atoms with Gasteiger partial charge in [0.15, 0.2) is 0 Å². The van der Waals surface area contributed by atoms with Crippen LogP contribution in [0.5, 0.6) is 0 Å². The van der Waals surface area contributed by atoms with Crippen molar-refractivity contribution >= 4 is 29.0 Å². The maximum Gasteiger partial charge on any atom is 0.229 e. The van der Waals surface area contributed by atoms with Gasteiger partial charge in [0.1, 0.15) is 5.82 Å². The lowest BCUT2D eigenvalue weighted by Crippen LogP contribution is -2.39. The number of rotatable bonds is 7. The molecular weight excluding hydrogens is 344 g/mol. The summed E-state index contributed by atoms with van der Waals surface area (Å²) < 4.78 is 5.37. The molecule has 2 heterocycles. The highest BCUT2D eigenvalue weighted by atomic mass is 16.5. The van der Waals surface area contributed by atoms with Gasteiger partial charge >= 0.3 is 0 Å². The first-order chi connectivity index (χ1) is 13.1. The van der Waals surface area contributed by atoms with Gasteiger partial charge in [0.25, 0.3) is 0 Å². The number of benzene rings is 1. The van der Waals surface area contributed by atoms with Gasteiger partial charge in [0, 0.05) is 56.2 Å². The third-order valence-electron chi connectivity index (χ3n) is 4.13. The van der Waals surface area contributed by atoms with E-state index in [0.29, 0.717) is 5.95 Å². The van der Waals surface area contributed by atoms with Crippen molar-refractivity contribution < 1.29 is 9.53 Å². The molecule has 8 nitrogen and oxygen atoms in total. The molecule has 1 amide bonds. The van der Waals surface area contributed by atoms with Gasteiger partial charge in [0.2, 0.25) is 11.9 Å². The van der Waals surface area contributed by atoms with E-state index >= 15 is 0 Å². The van der Waals surface area contributed by atoms with Crippen molar-refractivity contribution in [2.75, 3.05) is 55.3 Å². The van der Waals surface area contributed by atoms with E-state index in [2.05, 4.69) is 30.8 Å². The first-order valence-corrected chi connectivity index (χ1v) is 9.13. The van der Waals surface area contributed by atoms with E-state index in [4.69, 9.17) is 4.74 Å². The van der Waals surface area contributed by atoms with Crippen LogP contribution in [0, 0.1) is 6.92 Å². The molecule has 0 spiro atoms. The summed E-state index contributed by atoms with van der Waals surface area (Å²) in [4.78, 5) is 22.6. The Kier molecular flexibility index (Phi) is 6.56. The van der Waals surface area contributed by atoms with Crippen LogP contribution in [0.25, 0.3) is 0 Å². The molecule has 8 heteroatoms. The Hall–Kier alpha value is -2.71. The molecule has 3 rings (SSSR count). The van der Waals surface area contributed by atoms with Gasteiger partial charge < -0.3 is 20.7 Å². The summed E-state index contributed by atoms with van der Waals surface area (Å²) in [6.07, 6.45) is 0. The van der Waals surface area contributed by atoms with Gasteiger partial charge in [0.05, 0.1) is 13.2 Å². The zero-order valence-corrected chi connectivity index (χ0v) is 15.8. The summed E-state index contributed by atoms with van der Waals surface area (Å²) in [6.45, 7) is 8.74. The van der Waals surface area contributed by atoms with E-state index in [-0.39, 0.29) is 5.91 Å². The van der Waals surface area contributed by atoms with Crippen molar-refractivity contribution in [3.05, 3.63) is 36.0 Å². The maximum absolute atomic E-state index is 11.2. The fourth-order valence-electron chi connectivity index (χ4n) is 2.89. The number of ether oxygens (including phenoxy) is 1. The van der Waals surface area contributed by atoms with E-state index in [0.717, 1.165) is 62.3 Å². The summed E-state index contributed by atoms with van der Waals surface area (Å²) in [5.74, 6) is 1.20. The average molecular weight is 370 g/mol. The lowest BCUT2D eigenvalue weighted by Gasteiger charge is -2.26.